The lowest BCUT2D eigenvalue weighted by molar-refractivity contribution is 0.332. The van der Waals surface area contributed by atoms with Gasteiger partial charge in [-0.2, -0.15) is 15.8 Å². The second-order valence-electron chi connectivity index (χ2n) is 5.52. The molecule has 98 valence electrons. The molecule has 0 saturated carbocycles. The SMILES string of the molecule is CC(C#N)CCCC(C)(C#N)CCCC(C)C#N. The van der Waals surface area contributed by atoms with E-state index in [0.717, 1.165) is 38.5 Å². The summed E-state index contributed by atoms with van der Waals surface area (Å²) in [6, 6.07) is 6.83. The van der Waals surface area contributed by atoms with Gasteiger partial charge in [-0.3, -0.25) is 0 Å². The van der Waals surface area contributed by atoms with Crippen molar-refractivity contribution >= 4 is 0 Å². The molecular formula is C15H23N3. The van der Waals surface area contributed by atoms with Crippen LogP contribution >= 0.6 is 0 Å². The van der Waals surface area contributed by atoms with E-state index in [1.165, 1.54) is 0 Å². The normalized spacial score (nSPS) is 16.7. The summed E-state index contributed by atoms with van der Waals surface area (Å²) in [5.41, 5.74) is -0.301. The van der Waals surface area contributed by atoms with E-state index in [9.17, 15) is 5.26 Å². The van der Waals surface area contributed by atoms with Gasteiger partial charge in [0.15, 0.2) is 0 Å². The Morgan fingerprint density at radius 1 is 0.889 bits per heavy atom. The van der Waals surface area contributed by atoms with Gasteiger partial charge in [-0.25, -0.2) is 0 Å². The highest BCUT2D eigenvalue weighted by atomic mass is 14.4. The maximum Gasteiger partial charge on any atom is 0.0686 e. The molecular weight excluding hydrogens is 222 g/mol. The van der Waals surface area contributed by atoms with Gasteiger partial charge in [0.25, 0.3) is 0 Å². The van der Waals surface area contributed by atoms with Crippen LogP contribution in [0.2, 0.25) is 0 Å². The van der Waals surface area contributed by atoms with Gasteiger partial charge >= 0.3 is 0 Å². The first-order valence-corrected chi connectivity index (χ1v) is 6.68. The van der Waals surface area contributed by atoms with Crippen molar-refractivity contribution in [3.8, 4) is 18.2 Å². The number of nitriles is 3. The summed E-state index contributed by atoms with van der Waals surface area (Å²) in [6.45, 7) is 5.82. The average Bonchev–Trinajstić information content (AvgIpc) is 2.38. The van der Waals surface area contributed by atoms with Crippen molar-refractivity contribution in [1.29, 1.82) is 15.8 Å². The summed E-state index contributed by atoms with van der Waals surface area (Å²) < 4.78 is 0. The van der Waals surface area contributed by atoms with Crippen LogP contribution in [0.1, 0.15) is 59.3 Å². The van der Waals surface area contributed by atoms with E-state index < -0.39 is 0 Å². The second kappa shape index (κ2) is 8.54. The van der Waals surface area contributed by atoms with E-state index in [0.29, 0.717) is 0 Å². The molecule has 0 aromatic heterocycles. The molecule has 0 aromatic rings. The molecule has 18 heavy (non-hydrogen) atoms. The molecule has 0 spiro atoms. The van der Waals surface area contributed by atoms with Gasteiger partial charge in [0.2, 0.25) is 0 Å². The van der Waals surface area contributed by atoms with E-state index in [4.69, 9.17) is 10.5 Å². The van der Waals surface area contributed by atoms with Crippen LogP contribution in [-0.2, 0) is 0 Å². The third-order valence-corrected chi connectivity index (χ3v) is 3.44. The fourth-order valence-electron chi connectivity index (χ4n) is 1.96. The van der Waals surface area contributed by atoms with Gasteiger partial charge in [0, 0.05) is 11.8 Å². The monoisotopic (exact) mass is 245 g/mol. The van der Waals surface area contributed by atoms with Gasteiger partial charge in [0.05, 0.1) is 23.6 Å². The van der Waals surface area contributed by atoms with E-state index in [-0.39, 0.29) is 17.3 Å². The molecule has 0 saturated heterocycles. The summed E-state index contributed by atoms with van der Waals surface area (Å²) >= 11 is 0. The maximum atomic E-state index is 9.25. The number of rotatable bonds is 8. The maximum absolute atomic E-state index is 9.25. The van der Waals surface area contributed by atoms with Crippen LogP contribution in [0, 0.1) is 51.2 Å². The van der Waals surface area contributed by atoms with Gasteiger partial charge in [-0.15, -0.1) is 0 Å². The third kappa shape index (κ3) is 6.93. The van der Waals surface area contributed by atoms with E-state index in [2.05, 4.69) is 18.2 Å². The molecule has 3 nitrogen and oxygen atoms in total. The van der Waals surface area contributed by atoms with Crippen LogP contribution < -0.4 is 0 Å². The predicted octanol–water partition coefficient (Wildman–Crippen LogP) is 4.18. The van der Waals surface area contributed by atoms with Crippen molar-refractivity contribution in [2.45, 2.75) is 59.3 Å². The quantitative estimate of drug-likeness (QED) is 0.644. The molecule has 0 aromatic carbocycles. The molecule has 0 amide bonds. The number of nitrogens with zero attached hydrogens (tertiary/aromatic N) is 3. The molecule has 0 fully saturated rings. The van der Waals surface area contributed by atoms with E-state index in [1.807, 2.05) is 20.8 Å². The molecule has 0 N–H and O–H groups in total. The van der Waals surface area contributed by atoms with Crippen LogP contribution in [-0.4, -0.2) is 0 Å². The van der Waals surface area contributed by atoms with E-state index >= 15 is 0 Å². The summed E-state index contributed by atoms with van der Waals surface area (Å²) in [5, 5.41) is 26.7. The molecule has 0 bridgehead atoms. The first-order valence-electron chi connectivity index (χ1n) is 6.68. The molecule has 0 aliphatic rings. The highest BCUT2D eigenvalue weighted by Crippen LogP contribution is 2.31. The zero-order valence-electron chi connectivity index (χ0n) is 11.7. The summed E-state index contributed by atoms with van der Waals surface area (Å²) in [6.07, 6.45) is 5.26. The molecule has 0 aliphatic heterocycles. The fourth-order valence-corrected chi connectivity index (χ4v) is 1.96. The molecule has 0 rings (SSSR count). The van der Waals surface area contributed by atoms with Gasteiger partial charge in [-0.05, 0) is 46.5 Å². The van der Waals surface area contributed by atoms with Crippen LogP contribution in [0.3, 0.4) is 0 Å². The minimum atomic E-state index is -0.301. The lowest BCUT2D eigenvalue weighted by atomic mass is 9.80. The Morgan fingerprint density at radius 3 is 1.56 bits per heavy atom. The van der Waals surface area contributed by atoms with Crippen LogP contribution in [0.4, 0.5) is 0 Å². The average molecular weight is 245 g/mol. The molecule has 2 atom stereocenters. The first kappa shape index (κ1) is 16.5. The minimum Gasteiger partial charge on any atom is -0.198 e. The molecule has 0 heterocycles. The Kier molecular flexibility index (Phi) is 7.82. The minimum absolute atomic E-state index is 0.0755. The Bertz CT molecular complexity index is 327. The topological polar surface area (TPSA) is 71.4 Å². The van der Waals surface area contributed by atoms with Crippen molar-refractivity contribution in [2.24, 2.45) is 17.3 Å². The first-order chi connectivity index (χ1) is 8.47. The van der Waals surface area contributed by atoms with Crippen LogP contribution in [0.25, 0.3) is 0 Å². The van der Waals surface area contributed by atoms with E-state index in [1.54, 1.807) is 0 Å². The van der Waals surface area contributed by atoms with Gasteiger partial charge < -0.3 is 0 Å². The van der Waals surface area contributed by atoms with Gasteiger partial charge in [0.1, 0.15) is 0 Å². The zero-order chi connectivity index (χ0) is 14.0. The Morgan fingerprint density at radius 2 is 1.28 bits per heavy atom. The Balaban J connectivity index is 4.01. The molecule has 0 radical (unpaired) electrons. The highest BCUT2D eigenvalue weighted by molar-refractivity contribution is 4.96. The third-order valence-electron chi connectivity index (χ3n) is 3.44. The lowest BCUT2D eigenvalue weighted by Gasteiger charge is -2.21. The van der Waals surface area contributed by atoms with Crippen LogP contribution in [0.5, 0.6) is 0 Å². The standard InChI is InChI=1S/C15H23N3/c1-13(10-16)6-4-8-15(3,12-18)9-5-7-14(2)11-17/h13-14H,4-9H2,1-3H3. The smallest absolute Gasteiger partial charge is 0.0686 e. The van der Waals surface area contributed by atoms with Crippen LogP contribution in [0.15, 0.2) is 0 Å². The summed E-state index contributed by atoms with van der Waals surface area (Å²) in [4.78, 5) is 0. The Labute approximate surface area is 111 Å². The van der Waals surface area contributed by atoms with Crippen molar-refractivity contribution < 1.29 is 0 Å². The largest absolute Gasteiger partial charge is 0.198 e. The fraction of sp³-hybridized carbons (Fsp3) is 0.800. The summed E-state index contributed by atoms with van der Waals surface area (Å²) in [7, 11) is 0. The molecule has 2 unspecified atom stereocenters. The zero-order valence-corrected chi connectivity index (χ0v) is 11.7. The van der Waals surface area contributed by atoms with Crippen molar-refractivity contribution in [3.05, 3.63) is 0 Å². The Hall–Kier alpha value is -1.53. The van der Waals surface area contributed by atoms with Crippen molar-refractivity contribution in [2.75, 3.05) is 0 Å². The number of hydrogen-bond acceptors (Lipinski definition) is 3. The molecule has 3 heteroatoms. The second-order valence-corrected chi connectivity index (χ2v) is 5.52. The van der Waals surface area contributed by atoms with Crippen molar-refractivity contribution in [3.63, 3.8) is 0 Å². The molecule has 0 aliphatic carbocycles. The number of hydrogen-bond donors (Lipinski definition) is 0. The highest BCUT2D eigenvalue weighted by Gasteiger charge is 2.23. The van der Waals surface area contributed by atoms with Gasteiger partial charge in [-0.1, -0.05) is 12.8 Å². The lowest BCUT2D eigenvalue weighted by Crippen LogP contribution is -2.14. The van der Waals surface area contributed by atoms with Crippen molar-refractivity contribution in [1.82, 2.24) is 0 Å². The predicted molar refractivity (Wildman–Crippen MR) is 71.0 cm³/mol. The summed E-state index contributed by atoms with van der Waals surface area (Å²) in [5.74, 6) is 0.151.